The van der Waals surface area contributed by atoms with E-state index in [9.17, 15) is 0 Å². The van der Waals surface area contributed by atoms with E-state index in [1.54, 1.807) is 11.3 Å². The molecule has 0 saturated carbocycles. The van der Waals surface area contributed by atoms with Crippen molar-refractivity contribution in [2.24, 2.45) is 5.92 Å². The Morgan fingerprint density at radius 3 is 3.00 bits per heavy atom. The number of nitrogens with one attached hydrogen (secondary N) is 1. The lowest BCUT2D eigenvalue weighted by atomic mass is 9.87. The molecule has 0 radical (unpaired) electrons. The summed E-state index contributed by atoms with van der Waals surface area (Å²) in [6, 6.07) is 8.74. The SMILES string of the molecule is CCCNC(c1cscc1Br)C1COc2ccccc2C1. The summed E-state index contributed by atoms with van der Waals surface area (Å²) in [6.07, 6.45) is 2.21. The molecule has 21 heavy (non-hydrogen) atoms. The summed E-state index contributed by atoms with van der Waals surface area (Å²) >= 11 is 5.44. The standard InChI is InChI=1S/C17H20BrNOS/c1-2-7-19-17(14-10-21-11-15(14)18)13-8-12-5-3-4-6-16(12)20-9-13/h3-6,10-11,13,17,19H,2,7-9H2,1H3. The smallest absolute Gasteiger partial charge is 0.122 e. The second-order valence-electron chi connectivity index (χ2n) is 5.49. The minimum atomic E-state index is 0.346. The molecule has 0 bridgehead atoms. The molecule has 2 aromatic rings. The van der Waals surface area contributed by atoms with Gasteiger partial charge in [0.1, 0.15) is 5.75 Å². The van der Waals surface area contributed by atoms with E-state index >= 15 is 0 Å². The molecule has 1 aliphatic heterocycles. The number of benzene rings is 1. The van der Waals surface area contributed by atoms with Crippen LogP contribution >= 0.6 is 27.3 Å². The van der Waals surface area contributed by atoms with E-state index in [-0.39, 0.29) is 0 Å². The number of ether oxygens (including phenoxy) is 1. The summed E-state index contributed by atoms with van der Waals surface area (Å²) in [5.74, 6) is 1.52. The van der Waals surface area contributed by atoms with Gasteiger partial charge in [0.25, 0.3) is 0 Å². The number of thiophene rings is 1. The van der Waals surface area contributed by atoms with Crippen LogP contribution in [0.3, 0.4) is 0 Å². The molecule has 0 fully saturated rings. The molecule has 2 atom stereocenters. The molecule has 2 unspecified atom stereocenters. The van der Waals surface area contributed by atoms with Crippen LogP contribution in [-0.2, 0) is 6.42 Å². The summed E-state index contributed by atoms with van der Waals surface area (Å²) < 4.78 is 7.19. The van der Waals surface area contributed by atoms with Crippen molar-refractivity contribution in [2.75, 3.05) is 13.2 Å². The summed E-state index contributed by atoms with van der Waals surface area (Å²) in [7, 11) is 0. The molecule has 1 aliphatic rings. The highest BCUT2D eigenvalue weighted by molar-refractivity contribution is 9.10. The summed E-state index contributed by atoms with van der Waals surface area (Å²) in [4.78, 5) is 0. The average Bonchev–Trinajstić information content (AvgIpc) is 2.94. The minimum absolute atomic E-state index is 0.346. The quantitative estimate of drug-likeness (QED) is 0.821. The van der Waals surface area contributed by atoms with E-state index in [1.807, 2.05) is 6.07 Å². The van der Waals surface area contributed by atoms with Crippen LogP contribution in [0.15, 0.2) is 39.5 Å². The van der Waals surface area contributed by atoms with Gasteiger partial charge in [0, 0.05) is 21.8 Å². The lowest BCUT2D eigenvalue weighted by Gasteiger charge is -2.32. The van der Waals surface area contributed by atoms with E-state index in [4.69, 9.17) is 4.74 Å². The molecule has 1 N–H and O–H groups in total. The Labute approximate surface area is 138 Å². The minimum Gasteiger partial charge on any atom is -0.493 e. The van der Waals surface area contributed by atoms with Gasteiger partial charge in [-0.25, -0.2) is 0 Å². The number of para-hydroxylation sites is 1. The number of rotatable bonds is 5. The third kappa shape index (κ3) is 3.33. The predicted octanol–water partition coefficient (Wildman–Crippen LogP) is 4.80. The Morgan fingerprint density at radius 2 is 2.24 bits per heavy atom. The van der Waals surface area contributed by atoms with Crippen LogP contribution in [0.2, 0.25) is 0 Å². The van der Waals surface area contributed by atoms with Gasteiger partial charge in [-0.3, -0.25) is 0 Å². The van der Waals surface area contributed by atoms with Crippen molar-refractivity contribution < 1.29 is 4.74 Å². The van der Waals surface area contributed by atoms with Crippen molar-refractivity contribution in [3.8, 4) is 5.75 Å². The zero-order valence-corrected chi connectivity index (χ0v) is 14.5. The highest BCUT2D eigenvalue weighted by Gasteiger charge is 2.29. The molecular weight excluding hydrogens is 346 g/mol. The Morgan fingerprint density at radius 1 is 1.38 bits per heavy atom. The first kappa shape index (κ1) is 15.1. The van der Waals surface area contributed by atoms with E-state index in [1.165, 1.54) is 15.6 Å². The fourth-order valence-corrected chi connectivity index (χ4v) is 4.49. The maximum atomic E-state index is 5.98. The van der Waals surface area contributed by atoms with Crippen LogP contribution in [0.25, 0.3) is 0 Å². The van der Waals surface area contributed by atoms with Gasteiger partial charge < -0.3 is 10.1 Å². The fraction of sp³-hybridized carbons (Fsp3) is 0.412. The monoisotopic (exact) mass is 365 g/mol. The van der Waals surface area contributed by atoms with Gasteiger partial charge in [-0.15, -0.1) is 0 Å². The lowest BCUT2D eigenvalue weighted by Crippen LogP contribution is -2.35. The Bertz CT molecular complexity index is 598. The van der Waals surface area contributed by atoms with Crippen LogP contribution in [-0.4, -0.2) is 13.2 Å². The van der Waals surface area contributed by atoms with Crippen LogP contribution in [0.4, 0.5) is 0 Å². The average molecular weight is 366 g/mol. The van der Waals surface area contributed by atoms with E-state index in [0.717, 1.165) is 31.7 Å². The molecule has 1 aromatic heterocycles. The summed E-state index contributed by atoms with van der Waals surface area (Å²) in [5, 5.41) is 8.12. The van der Waals surface area contributed by atoms with Crippen LogP contribution in [0.5, 0.6) is 5.75 Å². The Balaban J connectivity index is 1.83. The Kier molecular flexibility index (Phi) is 4.99. The Hall–Kier alpha value is -0.840. The van der Waals surface area contributed by atoms with Gasteiger partial charge in [-0.2, -0.15) is 11.3 Å². The summed E-state index contributed by atoms with van der Waals surface area (Å²) in [6.45, 7) is 4.02. The maximum Gasteiger partial charge on any atom is 0.122 e. The van der Waals surface area contributed by atoms with Crippen LogP contribution in [0.1, 0.15) is 30.5 Å². The van der Waals surface area contributed by atoms with Gasteiger partial charge in [-0.05, 0) is 57.9 Å². The molecular formula is C17H20BrNOS. The first-order chi connectivity index (χ1) is 10.3. The molecule has 4 heteroatoms. The zero-order valence-electron chi connectivity index (χ0n) is 12.1. The van der Waals surface area contributed by atoms with Gasteiger partial charge in [0.05, 0.1) is 6.61 Å². The lowest BCUT2D eigenvalue weighted by molar-refractivity contribution is 0.184. The molecule has 112 valence electrons. The molecule has 3 rings (SSSR count). The number of fused-ring (bicyclic) bond motifs is 1. The van der Waals surface area contributed by atoms with Crippen molar-refractivity contribution in [3.63, 3.8) is 0 Å². The van der Waals surface area contributed by atoms with Crippen molar-refractivity contribution in [2.45, 2.75) is 25.8 Å². The van der Waals surface area contributed by atoms with Crippen molar-refractivity contribution >= 4 is 27.3 Å². The molecule has 1 aromatic carbocycles. The maximum absolute atomic E-state index is 5.98. The molecule has 0 aliphatic carbocycles. The fourth-order valence-electron chi connectivity index (χ4n) is 2.91. The molecule has 0 saturated heterocycles. The zero-order chi connectivity index (χ0) is 14.7. The van der Waals surface area contributed by atoms with E-state index in [0.29, 0.717) is 12.0 Å². The van der Waals surface area contributed by atoms with Crippen molar-refractivity contribution in [3.05, 3.63) is 50.6 Å². The van der Waals surface area contributed by atoms with Crippen molar-refractivity contribution in [1.29, 1.82) is 0 Å². The normalized spacial score (nSPS) is 18.9. The predicted molar refractivity (Wildman–Crippen MR) is 92.2 cm³/mol. The highest BCUT2D eigenvalue weighted by atomic mass is 79.9. The third-order valence-electron chi connectivity index (χ3n) is 3.97. The second-order valence-corrected chi connectivity index (χ2v) is 7.09. The van der Waals surface area contributed by atoms with E-state index < -0.39 is 0 Å². The molecule has 0 spiro atoms. The van der Waals surface area contributed by atoms with Gasteiger partial charge >= 0.3 is 0 Å². The molecule has 2 nitrogen and oxygen atoms in total. The number of halogens is 1. The van der Waals surface area contributed by atoms with Crippen molar-refractivity contribution in [1.82, 2.24) is 5.32 Å². The first-order valence-electron chi connectivity index (χ1n) is 7.45. The second kappa shape index (κ2) is 6.95. The highest BCUT2D eigenvalue weighted by Crippen LogP contribution is 2.37. The number of hydrogen-bond donors (Lipinski definition) is 1. The van der Waals surface area contributed by atoms with Gasteiger partial charge in [0.2, 0.25) is 0 Å². The number of hydrogen-bond acceptors (Lipinski definition) is 3. The van der Waals surface area contributed by atoms with Gasteiger partial charge in [-0.1, -0.05) is 25.1 Å². The molecule has 2 heterocycles. The third-order valence-corrected chi connectivity index (χ3v) is 5.72. The van der Waals surface area contributed by atoms with Gasteiger partial charge in [0.15, 0.2) is 0 Å². The summed E-state index contributed by atoms with van der Waals surface area (Å²) in [5.41, 5.74) is 2.69. The largest absolute Gasteiger partial charge is 0.493 e. The topological polar surface area (TPSA) is 21.3 Å². The molecule has 0 amide bonds. The van der Waals surface area contributed by atoms with E-state index in [2.05, 4.69) is 57.1 Å². The van der Waals surface area contributed by atoms with Crippen LogP contribution in [0, 0.1) is 5.92 Å². The van der Waals surface area contributed by atoms with Crippen LogP contribution < -0.4 is 10.1 Å². The first-order valence-corrected chi connectivity index (χ1v) is 9.19.